The molecular formula is C12H20O2. The van der Waals surface area contributed by atoms with Gasteiger partial charge in [-0.25, -0.2) is 0 Å². The van der Waals surface area contributed by atoms with Crippen LogP contribution in [-0.4, -0.2) is 26.4 Å². The fraction of sp³-hybridized carbons (Fsp3) is 0.833. The Labute approximate surface area is 87.0 Å². The number of hydrogen-bond donors (Lipinski definition) is 0. The second kappa shape index (κ2) is 7.84. The Hall–Kier alpha value is -0.520. The van der Waals surface area contributed by atoms with Gasteiger partial charge in [0.05, 0.1) is 13.2 Å². The standard InChI is InChI=1S/C12H20O2/c1-2-8-13-9-10-14-11-12-6-4-3-5-7-12/h1,12H,3-11H2. The first-order chi connectivity index (χ1) is 6.93. The quantitative estimate of drug-likeness (QED) is 0.479. The van der Waals surface area contributed by atoms with Crippen molar-refractivity contribution in [2.24, 2.45) is 5.92 Å². The Bertz CT molecular complexity index is 166. The highest BCUT2D eigenvalue weighted by Crippen LogP contribution is 2.23. The monoisotopic (exact) mass is 196 g/mol. The molecule has 2 nitrogen and oxygen atoms in total. The van der Waals surface area contributed by atoms with Gasteiger partial charge in [0.1, 0.15) is 6.61 Å². The van der Waals surface area contributed by atoms with E-state index < -0.39 is 0 Å². The highest BCUT2D eigenvalue weighted by atomic mass is 16.5. The summed E-state index contributed by atoms with van der Waals surface area (Å²) >= 11 is 0. The molecule has 1 saturated carbocycles. The highest BCUT2D eigenvalue weighted by Gasteiger charge is 2.12. The SMILES string of the molecule is C#CCOCCOCC1CCCCC1. The van der Waals surface area contributed by atoms with Crippen LogP contribution in [-0.2, 0) is 9.47 Å². The zero-order valence-corrected chi connectivity index (χ0v) is 8.84. The molecule has 0 aromatic carbocycles. The van der Waals surface area contributed by atoms with E-state index in [1.807, 2.05) is 0 Å². The first kappa shape index (κ1) is 11.6. The van der Waals surface area contributed by atoms with Crippen molar-refractivity contribution in [1.29, 1.82) is 0 Å². The fourth-order valence-electron chi connectivity index (χ4n) is 1.85. The van der Waals surface area contributed by atoms with Gasteiger partial charge in [-0.05, 0) is 18.8 Å². The molecule has 0 radical (unpaired) electrons. The molecule has 0 aliphatic heterocycles. The Kier molecular flexibility index (Phi) is 6.47. The van der Waals surface area contributed by atoms with E-state index in [0.717, 1.165) is 12.5 Å². The topological polar surface area (TPSA) is 18.5 Å². The average Bonchev–Trinajstić information content (AvgIpc) is 2.25. The molecule has 0 heterocycles. The summed E-state index contributed by atoms with van der Waals surface area (Å²) < 4.78 is 10.6. The van der Waals surface area contributed by atoms with Gasteiger partial charge in [-0.3, -0.25) is 0 Å². The fourth-order valence-corrected chi connectivity index (χ4v) is 1.85. The van der Waals surface area contributed by atoms with E-state index in [1.54, 1.807) is 0 Å². The van der Waals surface area contributed by atoms with Crippen molar-refractivity contribution in [2.45, 2.75) is 32.1 Å². The predicted octanol–water partition coefficient (Wildman–Crippen LogP) is 2.23. The van der Waals surface area contributed by atoms with E-state index in [0.29, 0.717) is 19.8 Å². The Morgan fingerprint density at radius 1 is 1.07 bits per heavy atom. The van der Waals surface area contributed by atoms with Gasteiger partial charge in [0.15, 0.2) is 0 Å². The molecule has 2 heteroatoms. The van der Waals surface area contributed by atoms with Gasteiger partial charge in [0.2, 0.25) is 0 Å². The zero-order valence-electron chi connectivity index (χ0n) is 8.84. The molecule has 1 aliphatic rings. The molecule has 0 amide bonds. The van der Waals surface area contributed by atoms with Gasteiger partial charge in [0.25, 0.3) is 0 Å². The van der Waals surface area contributed by atoms with Gasteiger partial charge in [-0.1, -0.05) is 25.2 Å². The third kappa shape index (κ3) is 5.26. The summed E-state index contributed by atoms with van der Waals surface area (Å²) in [6, 6.07) is 0. The number of ether oxygens (including phenoxy) is 2. The largest absolute Gasteiger partial charge is 0.379 e. The molecule has 0 saturated heterocycles. The van der Waals surface area contributed by atoms with E-state index in [-0.39, 0.29) is 0 Å². The van der Waals surface area contributed by atoms with Crippen LogP contribution in [0.3, 0.4) is 0 Å². The molecule has 1 aliphatic carbocycles. The zero-order chi connectivity index (χ0) is 10.1. The third-order valence-electron chi connectivity index (χ3n) is 2.64. The molecule has 0 unspecified atom stereocenters. The van der Waals surface area contributed by atoms with Crippen molar-refractivity contribution in [3.63, 3.8) is 0 Å². The molecule has 0 aromatic rings. The molecule has 14 heavy (non-hydrogen) atoms. The number of terminal acetylenes is 1. The second-order valence-electron chi connectivity index (χ2n) is 3.84. The van der Waals surface area contributed by atoms with Gasteiger partial charge in [0, 0.05) is 6.61 Å². The number of rotatable bonds is 6. The van der Waals surface area contributed by atoms with E-state index in [1.165, 1.54) is 32.1 Å². The number of hydrogen-bond acceptors (Lipinski definition) is 2. The lowest BCUT2D eigenvalue weighted by Crippen LogP contribution is -2.15. The van der Waals surface area contributed by atoms with Crippen molar-refractivity contribution in [2.75, 3.05) is 26.4 Å². The van der Waals surface area contributed by atoms with Gasteiger partial charge < -0.3 is 9.47 Å². The van der Waals surface area contributed by atoms with Gasteiger partial charge in [-0.2, -0.15) is 0 Å². The maximum atomic E-state index is 5.53. The summed E-state index contributed by atoms with van der Waals surface area (Å²) in [5.41, 5.74) is 0. The van der Waals surface area contributed by atoms with Crippen LogP contribution in [0.1, 0.15) is 32.1 Å². The third-order valence-corrected chi connectivity index (χ3v) is 2.64. The smallest absolute Gasteiger partial charge is 0.107 e. The van der Waals surface area contributed by atoms with Crippen molar-refractivity contribution < 1.29 is 9.47 Å². The van der Waals surface area contributed by atoms with Crippen LogP contribution in [0.25, 0.3) is 0 Å². The minimum absolute atomic E-state index is 0.396. The van der Waals surface area contributed by atoms with Crippen molar-refractivity contribution >= 4 is 0 Å². The lowest BCUT2D eigenvalue weighted by Gasteiger charge is -2.21. The minimum atomic E-state index is 0.396. The van der Waals surface area contributed by atoms with E-state index >= 15 is 0 Å². The van der Waals surface area contributed by atoms with E-state index in [9.17, 15) is 0 Å². The Morgan fingerprint density at radius 3 is 2.50 bits per heavy atom. The summed E-state index contributed by atoms with van der Waals surface area (Å²) in [4.78, 5) is 0. The van der Waals surface area contributed by atoms with Crippen molar-refractivity contribution in [1.82, 2.24) is 0 Å². The highest BCUT2D eigenvalue weighted by molar-refractivity contribution is 4.82. The maximum absolute atomic E-state index is 5.53. The maximum Gasteiger partial charge on any atom is 0.107 e. The summed E-state index contributed by atoms with van der Waals surface area (Å²) in [5.74, 6) is 3.22. The minimum Gasteiger partial charge on any atom is -0.379 e. The van der Waals surface area contributed by atoms with Gasteiger partial charge in [-0.15, -0.1) is 6.42 Å². The lowest BCUT2D eigenvalue weighted by molar-refractivity contribution is 0.0365. The Balaban J connectivity index is 1.85. The Morgan fingerprint density at radius 2 is 1.79 bits per heavy atom. The van der Waals surface area contributed by atoms with E-state index in [2.05, 4.69) is 5.92 Å². The lowest BCUT2D eigenvalue weighted by atomic mass is 9.90. The van der Waals surface area contributed by atoms with Crippen molar-refractivity contribution in [3.8, 4) is 12.3 Å². The van der Waals surface area contributed by atoms with E-state index in [4.69, 9.17) is 15.9 Å². The molecular weight excluding hydrogens is 176 g/mol. The molecule has 0 aromatic heterocycles. The van der Waals surface area contributed by atoms with Gasteiger partial charge >= 0.3 is 0 Å². The van der Waals surface area contributed by atoms with Crippen LogP contribution in [0.2, 0.25) is 0 Å². The first-order valence-electron chi connectivity index (χ1n) is 5.52. The molecule has 0 bridgehead atoms. The van der Waals surface area contributed by atoms with Crippen LogP contribution in [0.15, 0.2) is 0 Å². The van der Waals surface area contributed by atoms with Crippen LogP contribution in [0.5, 0.6) is 0 Å². The molecule has 1 rings (SSSR count). The molecule has 0 spiro atoms. The van der Waals surface area contributed by atoms with Crippen LogP contribution in [0.4, 0.5) is 0 Å². The summed E-state index contributed by atoms with van der Waals surface area (Å²) in [6.07, 6.45) is 11.9. The summed E-state index contributed by atoms with van der Waals surface area (Å²) in [7, 11) is 0. The first-order valence-corrected chi connectivity index (χ1v) is 5.52. The molecule has 1 fully saturated rings. The normalized spacial score (nSPS) is 17.9. The van der Waals surface area contributed by atoms with Crippen molar-refractivity contribution in [3.05, 3.63) is 0 Å². The second-order valence-corrected chi connectivity index (χ2v) is 3.84. The summed E-state index contributed by atoms with van der Waals surface area (Å²) in [6.45, 7) is 2.60. The summed E-state index contributed by atoms with van der Waals surface area (Å²) in [5, 5.41) is 0. The molecule has 80 valence electrons. The predicted molar refractivity (Wildman–Crippen MR) is 57.0 cm³/mol. The van der Waals surface area contributed by atoms with Crippen LogP contribution >= 0.6 is 0 Å². The molecule has 0 N–H and O–H groups in total. The van der Waals surface area contributed by atoms with Crippen LogP contribution in [0, 0.1) is 18.3 Å². The average molecular weight is 196 g/mol. The molecule has 0 atom stereocenters. The van der Waals surface area contributed by atoms with Crippen LogP contribution < -0.4 is 0 Å².